The second-order valence-corrected chi connectivity index (χ2v) is 6.32. The lowest BCUT2D eigenvalue weighted by Gasteiger charge is -2.19. The Balaban J connectivity index is 2.14. The van der Waals surface area contributed by atoms with Crippen LogP contribution in [0.5, 0.6) is 5.75 Å². The molecule has 6 heteroatoms. The number of benzene rings is 1. The molecule has 0 atom stereocenters. The summed E-state index contributed by atoms with van der Waals surface area (Å²) in [7, 11) is 1.56. The Morgan fingerprint density at radius 3 is 2.60 bits per heavy atom. The fourth-order valence-corrected chi connectivity index (χ4v) is 2.27. The third-order valence-corrected chi connectivity index (χ3v) is 4.02. The molecule has 2 N–H and O–H groups in total. The molecule has 0 aliphatic heterocycles. The highest BCUT2D eigenvalue weighted by Crippen LogP contribution is 2.29. The number of carboxylic acid groups (broad SMARTS) is 1. The van der Waals surface area contributed by atoms with Crippen molar-refractivity contribution in [3.8, 4) is 17.0 Å². The summed E-state index contributed by atoms with van der Waals surface area (Å²) in [5.41, 5.74) is 1.02. The second-order valence-electron chi connectivity index (χ2n) is 6.32. The molecule has 0 unspecified atom stereocenters. The molecule has 0 aliphatic rings. The molecule has 0 saturated carbocycles. The summed E-state index contributed by atoms with van der Waals surface area (Å²) in [5, 5.41) is 11.9. The maximum atomic E-state index is 12.4. The van der Waals surface area contributed by atoms with Gasteiger partial charge in [-0.1, -0.05) is 6.07 Å². The van der Waals surface area contributed by atoms with E-state index in [0.29, 0.717) is 23.4 Å². The number of aliphatic carboxylic acids is 1. The third kappa shape index (κ3) is 4.56. The molecule has 0 bridgehead atoms. The van der Waals surface area contributed by atoms with E-state index >= 15 is 0 Å². The molecular weight excluding hydrogens is 320 g/mol. The van der Waals surface area contributed by atoms with Crippen LogP contribution in [0, 0.1) is 5.41 Å². The van der Waals surface area contributed by atoms with Gasteiger partial charge < -0.3 is 15.2 Å². The number of pyridine rings is 1. The van der Waals surface area contributed by atoms with Gasteiger partial charge in [0.15, 0.2) is 0 Å². The van der Waals surface area contributed by atoms with Crippen molar-refractivity contribution in [3.63, 3.8) is 0 Å². The summed E-state index contributed by atoms with van der Waals surface area (Å²) >= 11 is 0. The number of carboxylic acids is 1. The Kier molecular flexibility index (Phi) is 5.75. The van der Waals surface area contributed by atoms with Crippen molar-refractivity contribution in [1.82, 2.24) is 10.3 Å². The fraction of sp³-hybridized carbons (Fsp3) is 0.316. The first-order valence-corrected chi connectivity index (χ1v) is 7.96. The molecule has 6 nitrogen and oxygen atoms in total. The minimum atomic E-state index is -0.886. The van der Waals surface area contributed by atoms with Gasteiger partial charge >= 0.3 is 5.97 Å². The number of nitrogens with one attached hydrogen (secondary N) is 1. The molecule has 0 aliphatic carbocycles. The molecule has 0 saturated heterocycles. The van der Waals surface area contributed by atoms with E-state index in [4.69, 9.17) is 9.84 Å². The van der Waals surface area contributed by atoms with E-state index in [0.717, 1.165) is 5.56 Å². The maximum Gasteiger partial charge on any atom is 0.309 e. The smallest absolute Gasteiger partial charge is 0.309 e. The quantitative estimate of drug-likeness (QED) is 0.807. The molecular formula is C19H22N2O4. The summed E-state index contributed by atoms with van der Waals surface area (Å²) in [5.74, 6) is -0.521. The number of hydrogen-bond acceptors (Lipinski definition) is 4. The van der Waals surface area contributed by atoms with Crippen molar-refractivity contribution < 1.29 is 19.4 Å². The van der Waals surface area contributed by atoms with E-state index in [1.54, 1.807) is 45.4 Å². The SMILES string of the molecule is COc1ccc(C(=O)NCCC(C)(C)C(=O)O)cc1-c1ccccn1. The van der Waals surface area contributed by atoms with E-state index in [9.17, 15) is 9.59 Å². The van der Waals surface area contributed by atoms with Crippen LogP contribution in [-0.2, 0) is 4.79 Å². The first kappa shape index (κ1) is 18.4. The molecule has 2 rings (SSSR count). The molecule has 2 aromatic rings. The molecule has 25 heavy (non-hydrogen) atoms. The summed E-state index contributed by atoms with van der Waals surface area (Å²) < 4.78 is 5.35. The molecule has 1 aromatic heterocycles. The van der Waals surface area contributed by atoms with E-state index in [-0.39, 0.29) is 12.5 Å². The van der Waals surface area contributed by atoms with Crippen molar-refractivity contribution in [2.45, 2.75) is 20.3 Å². The number of hydrogen-bond donors (Lipinski definition) is 2. The number of amides is 1. The number of rotatable bonds is 7. The van der Waals surface area contributed by atoms with Gasteiger partial charge in [0.05, 0.1) is 18.2 Å². The average molecular weight is 342 g/mol. The number of carbonyl (C=O) groups is 2. The van der Waals surface area contributed by atoms with E-state index in [2.05, 4.69) is 10.3 Å². The Morgan fingerprint density at radius 1 is 1.24 bits per heavy atom. The lowest BCUT2D eigenvalue weighted by Crippen LogP contribution is -2.31. The van der Waals surface area contributed by atoms with Crippen LogP contribution in [0.3, 0.4) is 0 Å². The molecule has 0 spiro atoms. The first-order valence-electron chi connectivity index (χ1n) is 7.96. The minimum Gasteiger partial charge on any atom is -0.496 e. The van der Waals surface area contributed by atoms with Crippen LogP contribution in [0.4, 0.5) is 0 Å². The number of methoxy groups -OCH3 is 1. The highest BCUT2D eigenvalue weighted by molar-refractivity contribution is 5.96. The van der Waals surface area contributed by atoms with Gasteiger partial charge in [0, 0.05) is 23.9 Å². The van der Waals surface area contributed by atoms with Crippen molar-refractivity contribution in [3.05, 3.63) is 48.2 Å². The minimum absolute atomic E-state index is 0.263. The van der Waals surface area contributed by atoms with Gasteiger partial charge in [-0.3, -0.25) is 14.6 Å². The van der Waals surface area contributed by atoms with E-state index < -0.39 is 11.4 Å². The normalized spacial score (nSPS) is 11.0. The number of carbonyl (C=O) groups excluding carboxylic acids is 1. The highest BCUT2D eigenvalue weighted by Gasteiger charge is 2.26. The average Bonchev–Trinajstić information content (AvgIpc) is 2.61. The van der Waals surface area contributed by atoms with Crippen LogP contribution in [0.25, 0.3) is 11.3 Å². The predicted octanol–water partition coefficient (Wildman–Crippen LogP) is 2.99. The van der Waals surface area contributed by atoms with Crippen LogP contribution in [0.15, 0.2) is 42.6 Å². The topological polar surface area (TPSA) is 88.5 Å². The van der Waals surface area contributed by atoms with Gasteiger partial charge in [0.1, 0.15) is 5.75 Å². The summed E-state index contributed by atoms with van der Waals surface area (Å²) in [4.78, 5) is 27.8. The van der Waals surface area contributed by atoms with Crippen molar-refractivity contribution >= 4 is 11.9 Å². The van der Waals surface area contributed by atoms with Gasteiger partial charge in [-0.2, -0.15) is 0 Å². The molecule has 0 radical (unpaired) electrons. The van der Waals surface area contributed by atoms with Crippen LogP contribution >= 0.6 is 0 Å². The zero-order chi connectivity index (χ0) is 18.4. The fourth-order valence-electron chi connectivity index (χ4n) is 2.27. The monoisotopic (exact) mass is 342 g/mol. The zero-order valence-electron chi connectivity index (χ0n) is 14.6. The van der Waals surface area contributed by atoms with Crippen molar-refractivity contribution in [2.75, 3.05) is 13.7 Å². The van der Waals surface area contributed by atoms with Gasteiger partial charge in [0.25, 0.3) is 5.91 Å². The van der Waals surface area contributed by atoms with Gasteiger partial charge in [-0.05, 0) is 50.6 Å². The molecule has 1 heterocycles. The van der Waals surface area contributed by atoms with Gasteiger partial charge in [0.2, 0.25) is 0 Å². The number of nitrogens with zero attached hydrogens (tertiary/aromatic N) is 1. The summed E-state index contributed by atoms with van der Waals surface area (Å²) in [6, 6.07) is 10.6. The first-order chi connectivity index (χ1) is 11.8. The maximum absolute atomic E-state index is 12.4. The van der Waals surface area contributed by atoms with Crippen LogP contribution in [0.1, 0.15) is 30.6 Å². The van der Waals surface area contributed by atoms with E-state index in [1.165, 1.54) is 0 Å². The number of aromatic nitrogens is 1. The van der Waals surface area contributed by atoms with Crippen LogP contribution in [0.2, 0.25) is 0 Å². The molecule has 1 amide bonds. The van der Waals surface area contributed by atoms with Gasteiger partial charge in [-0.15, -0.1) is 0 Å². The third-order valence-electron chi connectivity index (χ3n) is 4.02. The highest BCUT2D eigenvalue weighted by atomic mass is 16.5. The summed E-state index contributed by atoms with van der Waals surface area (Å²) in [6.07, 6.45) is 2.02. The molecule has 0 fully saturated rings. The number of ether oxygens (including phenoxy) is 1. The van der Waals surface area contributed by atoms with Crippen molar-refractivity contribution in [2.24, 2.45) is 5.41 Å². The van der Waals surface area contributed by atoms with Gasteiger partial charge in [-0.25, -0.2) is 0 Å². The largest absolute Gasteiger partial charge is 0.496 e. The van der Waals surface area contributed by atoms with E-state index in [1.807, 2.05) is 18.2 Å². The molecule has 1 aromatic carbocycles. The lowest BCUT2D eigenvalue weighted by molar-refractivity contribution is -0.147. The van der Waals surface area contributed by atoms with Crippen molar-refractivity contribution in [1.29, 1.82) is 0 Å². The Hall–Kier alpha value is -2.89. The Morgan fingerprint density at radius 2 is 2.00 bits per heavy atom. The summed E-state index contributed by atoms with van der Waals surface area (Å²) in [6.45, 7) is 3.55. The zero-order valence-corrected chi connectivity index (χ0v) is 14.6. The lowest BCUT2D eigenvalue weighted by atomic mass is 9.89. The predicted molar refractivity (Wildman–Crippen MR) is 94.6 cm³/mol. The Bertz CT molecular complexity index is 757. The van der Waals surface area contributed by atoms with Crippen LogP contribution in [-0.4, -0.2) is 35.6 Å². The Labute approximate surface area is 146 Å². The second kappa shape index (κ2) is 7.79. The van der Waals surface area contributed by atoms with Crippen LogP contribution < -0.4 is 10.1 Å². The molecule has 132 valence electrons. The standard InChI is InChI=1S/C19H22N2O4/c1-19(2,18(23)24)9-11-21-17(22)13-7-8-16(25-3)14(12-13)15-6-4-5-10-20-15/h4-8,10,12H,9,11H2,1-3H3,(H,21,22)(H,23,24).